The van der Waals surface area contributed by atoms with Crippen molar-refractivity contribution in [1.29, 1.82) is 0 Å². The molecule has 0 atom stereocenters. The van der Waals surface area contributed by atoms with E-state index < -0.39 is 26.2 Å². The Balaban J connectivity index is 2.57. The van der Waals surface area contributed by atoms with Crippen molar-refractivity contribution in [3.05, 3.63) is 50.0 Å². The van der Waals surface area contributed by atoms with Crippen molar-refractivity contribution in [2.45, 2.75) is 57.2 Å². The molecule has 2 rings (SSSR count). The highest BCUT2D eigenvalue weighted by molar-refractivity contribution is 7.89. The molecule has 9 nitrogen and oxygen atoms in total. The number of halogens is 1. The predicted molar refractivity (Wildman–Crippen MR) is 114 cm³/mol. The van der Waals surface area contributed by atoms with E-state index in [9.17, 15) is 23.3 Å². The second-order valence-corrected chi connectivity index (χ2v) is 9.08. The third-order valence-corrected chi connectivity index (χ3v) is 6.91. The number of nitro benzene ring substituents is 1. The van der Waals surface area contributed by atoms with Crippen molar-refractivity contribution >= 4 is 27.3 Å². The second-order valence-electron chi connectivity index (χ2n) is 6.88. The molecule has 0 amide bonds. The lowest BCUT2D eigenvalue weighted by molar-refractivity contribution is -0.385. The van der Waals surface area contributed by atoms with E-state index in [2.05, 4.69) is 0 Å². The van der Waals surface area contributed by atoms with E-state index >= 15 is 0 Å². The van der Waals surface area contributed by atoms with Gasteiger partial charge in [0.15, 0.2) is 5.69 Å². The normalized spacial score (nSPS) is 11.9. The lowest BCUT2D eigenvalue weighted by atomic mass is 10.2. The summed E-state index contributed by atoms with van der Waals surface area (Å²) in [5, 5.41) is 11.7. The fourth-order valence-corrected chi connectivity index (χ4v) is 4.81. The molecule has 1 heterocycles. The molecule has 0 bridgehead atoms. The predicted octanol–water partition coefficient (Wildman–Crippen LogP) is 3.98. The van der Waals surface area contributed by atoms with Crippen molar-refractivity contribution in [2.75, 3.05) is 13.1 Å². The van der Waals surface area contributed by atoms with Gasteiger partial charge in [-0.05, 0) is 31.9 Å². The van der Waals surface area contributed by atoms with Crippen LogP contribution in [0.5, 0.6) is 0 Å². The van der Waals surface area contributed by atoms with Crippen molar-refractivity contribution in [3.63, 3.8) is 0 Å². The molecule has 0 aliphatic carbocycles. The average molecular weight is 460 g/mol. The monoisotopic (exact) mass is 459 g/mol. The molecule has 0 aliphatic heterocycles. The molecule has 166 valence electrons. The van der Waals surface area contributed by atoms with E-state index in [1.165, 1.54) is 23.4 Å². The Labute approximate surface area is 180 Å². The largest absolute Gasteiger partial charge is 0.376 e. The van der Waals surface area contributed by atoms with Crippen LogP contribution in [-0.2, 0) is 15.9 Å². The topological polar surface area (TPSA) is 116 Å². The van der Waals surface area contributed by atoms with Crippen molar-refractivity contribution in [1.82, 2.24) is 9.05 Å². The molecule has 0 saturated carbocycles. The highest BCUT2D eigenvalue weighted by Gasteiger charge is 2.29. The maximum Gasteiger partial charge on any atom is 0.297 e. The van der Waals surface area contributed by atoms with E-state index in [1.54, 1.807) is 0 Å². The van der Waals surface area contributed by atoms with Gasteiger partial charge in [0.05, 0.1) is 21.3 Å². The van der Waals surface area contributed by atoms with Crippen LogP contribution in [0.15, 0.2) is 32.4 Å². The molecule has 0 radical (unpaired) electrons. The number of hydrogen-bond acceptors (Lipinski definition) is 6. The van der Waals surface area contributed by atoms with Crippen LogP contribution in [0.1, 0.15) is 50.9 Å². The van der Waals surface area contributed by atoms with Crippen LogP contribution in [0.2, 0.25) is 0 Å². The van der Waals surface area contributed by atoms with Crippen LogP contribution in [0.3, 0.4) is 0 Å². The zero-order valence-corrected chi connectivity index (χ0v) is 18.8. The van der Waals surface area contributed by atoms with E-state index in [4.69, 9.17) is 16.1 Å². The van der Waals surface area contributed by atoms with Crippen LogP contribution < -0.4 is 5.56 Å². The van der Waals surface area contributed by atoms with Gasteiger partial charge in [-0.15, -0.1) is 16.3 Å². The first-order valence-electron chi connectivity index (χ1n) is 9.75. The number of sulfonamides is 1. The Morgan fingerprint density at radius 3 is 2.27 bits per heavy atom. The first-order valence-corrected chi connectivity index (χ1v) is 11.7. The number of rotatable bonds is 11. The van der Waals surface area contributed by atoms with Crippen molar-refractivity contribution in [2.24, 2.45) is 0 Å². The Kier molecular flexibility index (Phi) is 8.22. The highest BCUT2D eigenvalue weighted by atomic mass is 35.5. The number of nitrogens with zero attached hydrogens (tertiary/aromatic N) is 3. The third-order valence-electron chi connectivity index (χ3n) is 4.75. The summed E-state index contributed by atoms with van der Waals surface area (Å²) in [6.07, 6.45) is 3.01. The van der Waals surface area contributed by atoms with E-state index in [0.29, 0.717) is 25.9 Å². The summed E-state index contributed by atoms with van der Waals surface area (Å²) >= 11 is 5.75. The zero-order chi connectivity index (χ0) is 22.5. The standard InChI is InChI=1S/C19H26ClN3O6S/c1-4-6-10-21(11-7-5-2)30(27,28)15-8-9-17(18(12-15)23(25)26)22-19(24)16(13-20)14(3)29-22/h8-9,12H,4-7,10-11,13H2,1-3H3. The molecule has 1 aromatic heterocycles. The van der Waals surface area contributed by atoms with E-state index in [-0.39, 0.29) is 27.8 Å². The Morgan fingerprint density at radius 1 is 1.20 bits per heavy atom. The van der Waals surface area contributed by atoms with Gasteiger partial charge in [-0.2, -0.15) is 4.31 Å². The minimum atomic E-state index is -3.93. The number of aromatic nitrogens is 1. The Hall–Kier alpha value is -2.17. The summed E-state index contributed by atoms with van der Waals surface area (Å²) < 4.78 is 33.7. The fraction of sp³-hybridized carbons (Fsp3) is 0.526. The number of alkyl halides is 1. The minimum absolute atomic E-state index is 0.106. The first kappa shape index (κ1) is 24.1. The zero-order valence-electron chi connectivity index (χ0n) is 17.3. The quantitative estimate of drug-likeness (QED) is 0.285. The van der Waals surface area contributed by atoms with Gasteiger partial charge < -0.3 is 4.52 Å². The molecular formula is C19H26ClN3O6S. The summed E-state index contributed by atoms with van der Waals surface area (Å²) in [6.45, 7) is 6.12. The molecule has 0 aliphatic rings. The molecule has 0 unspecified atom stereocenters. The number of unbranched alkanes of at least 4 members (excludes halogenated alkanes) is 2. The third kappa shape index (κ3) is 4.93. The molecule has 0 fully saturated rings. The molecule has 30 heavy (non-hydrogen) atoms. The summed E-state index contributed by atoms with van der Waals surface area (Å²) in [4.78, 5) is 23.2. The summed E-state index contributed by atoms with van der Waals surface area (Å²) in [6, 6.07) is 3.44. The molecule has 2 aromatic rings. The maximum absolute atomic E-state index is 13.1. The summed E-state index contributed by atoms with van der Waals surface area (Å²) in [5.74, 6) is 0.136. The van der Waals surface area contributed by atoms with Gasteiger partial charge in [0.2, 0.25) is 10.0 Å². The smallest absolute Gasteiger partial charge is 0.297 e. The van der Waals surface area contributed by atoms with Gasteiger partial charge in [-0.1, -0.05) is 26.7 Å². The number of nitro groups is 1. The van der Waals surface area contributed by atoms with Crippen LogP contribution in [0, 0.1) is 17.0 Å². The van der Waals surface area contributed by atoms with Gasteiger partial charge in [-0.25, -0.2) is 8.42 Å². The SMILES string of the molecule is CCCCN(CCCC)S(=O)(=O)c1ccc(-n2oc(C)c(CCl)c2=O)c([N+](=O)[O-])c1. The van der Waals surface area contributed by atoms with Crippen LogP contribution in [0.4, 0.5) is 5.69 Å². The van der Waals surface area contributed by atoms with Crippen molar-refractivity contribution in [3.8, 4) is 5.69 Å². The van der Waals surface area contributed by atoms with Gasteiger partial charge >= 0.3 is 0 Å². The number of hydrogen-bond donors (Lipinski definition) is 0. The molecular weight excluding hydrogens is 434 g/mol. The van der Waals surface area contributed by atoms with Crippen LogP contribution in [0.25, 0.3) is 5.69 Å². The fourth-order valence-electron chi connectivity index (χ4n) is 2.97. The number of aryl methyl sites for hydroxylation is 1. The van der Waals surface area contributed by atoms with E-state index in [1.807, 2.05) is 13.8 Å². The summed E-state index contributed by atoms with van der Waals surface area (Å²) in [5.41, 5.74) is -1.13. The molecule has 1 aromatic carbocycles. The Morgan fingerprint density at radius 2 is 1.80 bits per heavy atom. The highest BCUT2D eigenvalue weighted by Crippen LogP contribution is 2.28. The van der Waals surface area contributed by atoms with Gasteiger partial charge in [0.1, 0.15) is 5.76 Å². The lowest BCUT2D eigenvalue weighted by Gasteiger charge is -2.22. The van der Waals surface area contributed by atoms with E-state index in [0.717, 1.165) is 23.6 Å². The Bertz CT molecular complexity index is 1050. The van der Waals surface area contributed by atoms with Gasteiger partial charge in [0, 0.05) is 19.2 Å². The molecule has 11 heteroatoms. The molecule has 0 N–H and O–H groups in total. The maximum atomic E-state index is 13.1. The number of benzene rings is 1. The minimum Gasteiger partial charge on any atom is -0.376 e. The van der Waals surface area contributed by atoms with Crippen LogP contribution in [-0.4, -0.2) is 35.5 Å². The van der Waals surface area contributed by atoms with Crippen molar-refractivity contribution < 1.29 is 17.9 Å². The second kappa shape index (κ2) is 10.2. The van der Waals surface area contributed by atoms with Crippen LogP contribution >= 0.6 is 11.6 Å². The summed E-state index contributed by atoms with van der Waals surface area (Å²) in [7, 11) is -3.93. The molecule has 0 saturated heterocycles. The average Bonchev–Trinajstić information content (AvgIpc) is 3.00. The molecule has 0 spiro atoms. The first-order chi connectivity index (χ1) is 14.2. The van der Waals surface area contributed by atoms with Gasteiger partial charge in [-0.3, -0.25) is 14.9 Å². The van der Waals surface area contributed by atoms with Gasteiger partial charge in [0.25, 0.3) is 11.2 Å². The lowest BCUT2D eigenvalue weighted by Crippen LogP contribution is -2.33.